The Labute approximate surface area is 108 Å². The number of carboxylic acids is 1. The van der Waals surface area contributed by atoms with Crippen LogP contribution in [0, 0.1) is 0 Å². The lowest BCUT2D eigenvalue weighted by Crippen LogP contribution is -2.46. The lowest BCUT2D eigenvalue weighted by Gasteiger charge is -2.23. The van der Waals surface area contributed by atoms with Crippen molar-refractivity contribution >= 4 is 12.0 Å². The number of urea groups is 1. The SMILES string of the molecule is CC(NC(=O)N1C[C@H](O)C[C@@H]1C(=O)O)c1ncn[nH]1. The van der Waals surface area contributed by atoms with E-state index in [1.807, 2.05) is 0 Å². The molecule has 1 aromatic heterocycles. The van der Waals surface area contributed by atoms with Gasteiger partial charge >= 0.3 is 12.0 Å². The van der Waals surface area contributed by atoms with Gasteiger partial charge in [0.1, 0.15) is 18.2 Å². The van der Waals surface area contributed by atoms with E-state index in [-0.39, 0.29) is 13.0 Å². The number of aliphatic hydroxyl groups is 1. The summed E-state index contributed by atoms with van der Waals surface area (Å²) in [5.41, 5.74) is 0. The molecule has 0 aromatic carbocycles. The second-order valence-corrected chi connectivity index (χ2v) is 4.44. The van der Waals surface area contributed by atoms with E-state index in [2.05, 4.69) is 20.5 Å². The number of carboxylic acid groups (broad SMARTS) is 1. The number of β-amino-alcohol motifs (C(OH)–C–C–N with tert-alkyl or cyclic N) is 1. The van der Waals surface area contributed by atoms with Gasteiger partial charge < -0.3 is 20.4 Å². The summed E-state index contributed by atoms with van der Waals surface area (Å²) in [4.78, 5) is 28.0. The van der Waals surface area contributed by atoms with Gasteiger partial charge in [-0.25, -0.2) is 14.6 Å². The molecule has 0 bridgehead atoms. The van der Waals surface area contributed by atoms with Crippen LogP contribution >= 0.6 is 0 Å². The average molecular weight is 269 g/mol. The standard InChI is InChI=1S/C10H15N5O4/c1-5(8-11-4-12-14-8)13-10(19)15-3-6(16)2-7(15)9(17)18/h4-7,16H,2-3H2,1H3,(H,13,19)(H,17,18)(H,11,12,14)/t5?,6-,7-/m1/s1. The number of aromatic nitrogens is 3. The first-order valence-corrected chi connectivity index (χ1v) is 5.82. The number of nitrogens with zero attached hydrogens (tertiary/aromatic N) is 3. The summed E-state index contributed by atoms with van der Waals surface area (Å²) in [5, 5.41) is 27.4. The summed E-state index contributed by atoms with van der Waals surface area (Å²) in [6, 6.07) is -1.98. The topological polar surface area (TPSA) is 131 Å². The molecule has 2 amide bonds. The molecule has 104 valence electrons. The van der Waals surface area contributed by atoms with Crippen LogP contribution in [0.1, 0.15) is 25.2 Å². The average Bonchev–Trinajstić information content (AvgIpc) is 2.96. The second kappa shape index (κ2) is 5.22. The number of aliphatic carboxylic acids is 1. The highest BCUT2D eigenvalue weighted by Gasteiger charge is 2.39. The molecule has 0 saturated carbocycles. The molecule has 1 unspecified atom stereocenters. The molecular weight excluding hydrogens is 254 g/mol. The van der Waals surface area contributed by atoms with Gasteiger partial charge in [0.15, 0.2) is 0 Å². The van der Waals surface area contributed by atoms with E-state index in [0.717, 1.165) is 4.90 Å². The lowest BCUT2D eigenvalue weighted by atomic mass is 10.2. The van der Waals surface area contributed by atoms with Crippen LogP contribution in [-0.2, 0) is 4.79 Å². The maximum Gasteiger partial charge on any atom is 0.326 e. The number of hydrogen-bond donors (Lipinski definition) is 4. The molecule has 2 rings (SSSR count). The molecule has 2 heterocycles. The van der Waals surface area contributed by atoms with E-state index in [1.54, 1.807) is 6.92 Å². The maximum absolute atomic E-state index is 12.0. The summed E-state index contributed by atoms with van der Waals surface area (Å²) in [7, 11) is 0. The number of rotatable bonds is 3. The molecule has 4 N–H and O–H groups in total. The van der Waals surface area contributed by atoms with Crippen LogP contribution in [0.4, 0.5) is 4.79 Å². The van der Waals surface area contributed by atoms with E-state index in [1.165, 1.54) is 6.33 Å². The molecule has 1 aliphatic rings. The van der Waals surface area contributed by atoms with Crippen molar-refractivity contribution in [2.24, 2.45) is 0 Å². The Morgan fingerprint density at radius 1 is 1.63 bits per heavy atom. The first-order valence-electron chi connectivity index (χ1n) is 5.82. The number of likely N-dealkylation sites (tertiary alicyclic amines) is 1. The summed E-state index contributed by atoms with van der Waals surface area (Å²) in [5.74, 6) is -0.654. The third-order valence-corrected chi connectivity index (χ3v) is 3.01. The van der Waals surface area contributed by atoms with Crippen LogP contribution < -0.4 is 5.32 Å². The minimum absolute atomic E-state index is 0.00588. The summed E-state index contributed by atoms with van der Waals surface area (Å²) < 4.78 is 0. The number of carbonyl (C=O) groups excluding carboxylic acids is 1. The molecule has 1 aliphatic heterocycles. The zero-order chi connectivity index (χ0) is 14.0. The number of carbonyl (C=O) groups is 2. The summed E-state index contributed by atoms with van der Waals surface area (Å²) >= 11 is 0. The first-order chi connectivity index (χ1) is 8.99. The highest BCUT2D eigenvalue weighted by Crippen LogP contribution is 2.19. The van der Waals surface area contributed by atoms with Crippen LogP contribution in [0.2, 0.25) is 0 Å². The zero-order valence-electron chi connectivity index (χ0n) is 10.3. The highest BCUT2D eigenvalue weighted by molar-refractivity contribution is 5.83. The fraction of sp³-hybridized carbons (Fsp3) is 0.600. The Hall–Kier alpha value is -2.16. The largest absolute Gasteiger partial charge is 0.480 e. The molecule has 1 aromatic rings. The Bertz CT molecular complexity index is 462. The Kier molecular flexibility index (Phi) is 3.65. The van der Waals surface area contributed by atoms with Crippen molar-refractivity contribution in [3.8, 4) is 0 Å². The summed E-state index contributed by atoms with van der Waals surface area (Å²) in [6.07, 6.45) is 0.546. The van der Waals surface area contributed by atoms with Crippen LogP contribution in [0.25, 0.3) is 0 Å². The van der Waals surface area contributed by atoms with Gasteiger partial charge in [-0.3, -0.25) is 5.10 Å². The van der Waals surface area contributed by atoms with Crippen LogP contribution in [0.15, 0.2) is 6.33 Å². The number of hydrogen-bond acceptors (Lipinski definition) is 5. The Morgan fingerprint density at radius 2 is 2.37 bits per heavy atom. The predicted octanol–water partition coefficient (Wildman–Crippen LogP) is -0.905. The quantitative estimate of drug-likeness (QED) is 0.562. The number of aromatic amines is 1. The van der Waals surface area contributed by atoms with Gasteiger partial charge in [0.05, 0.1) is 12.1 Å². The minimum Gasteiger partial charge on any atom is -0.480 e. The molecular formula is C10H15N5O4. The molecule has 1 fully saturated rings. The van der Waals surface area contributed by atoms with Crippen molar-refractivity contribution in [3.63, 3.8) is 0 Å². The molecule has 0 radical (unpaired) electrons. The number of aliphatic hydroxyl groups excluding tert-OH is 1. The van der Waals surface area contributed by atoms with Gasteiger partial charge in [0.25, 0.3) is 0 Å². The van der Waals surface area contributed by atoms with Crippen LogP contribution in [0.3, 0.4) is 0 Å². The first kappa shape index (κ1) is 13.3. The van der Waals surface area contributed by atoms with Crippen molar-refractivity contribution < 1.29 is 19.8 Å². The fourth-order valence-electron chi connectivity index (χ4n) is 2.03. The molecule has 1 saturated heterocycles. The van der Waals surface area contributed by atoms with E-state index < -0.39 is 30.2 Å². The van der Waals surface area contributed by atoms with Crippen molar-refractivity contribution in [1.82, 2.24) is 25.4 Å². The van der Waals surface area contributed by atoms with Crippen molar-refractivity contribution in [1.29, 1.82) is 0 Å². The van der Waals surface area contributed by atoms with Crippen molar-refractivity contribution in [2.75, 3.05) is 6.54 Å². The molecule has 0 aliphatic carbocycles. The Morgan fingerprint density at radius 3 is 2.95 bits per heavy atom. The normalized spacial score (nSPS) is 24.2. The minimum atomic E-state index is -1.13. The number of H-pyrrole nitrogens is 1. The lowest BCUT2D eigenvalue weighted by molar-refractivity contribution is -0.141. The zero-order valence-corrected chi connectivity index (χ0v) is 10.3. The van der Waals surface area contributed by atoms with E-state index >= 15 is 0 Å². The van der Waals surface area contributed by atoms with Gasteiger partial charge in [-0.15, -0.1) is 0 Å². The third-order valence-electron chi connectivity index (χ3n) is 3.01. The van der Waals surface area contributed by atoms with Gasteiger partial charge in [0.2, 0.25) is 0 Å². The molecule has 0 spiro atoms. The van der Waals surface area contributed by atoms with E-state index in [0.29, 0.717) is 5.82 Å². The highest BCUT2D eigenvalue weighted by atomic mass is 16.4. The van der Waals surface area contributed by atoms with Crippen molar-refractivity contribution in [3.05, 3.63) is 12.2 Å². The molecule has 9 heteroatoms. The smallest absolute Gasteiger partial charge is 0.326 e. The maximum atomic E-state index is 12.0. The molecule has 19 heavy (non-hydrogen) atoms. The fourth-order valence-corrected chi connectivity index (χ4v) is 2.03. The van der Waals surface area contributed by atoms with Gasteiger partial charge in [-0.05, 0) is 6.92 Å². The number of amides is 2. The number of nitrogens with one attached hydrogen (secondary N) is 2. The molecule has 9 nitrogen and oxygen atoms in total. The van der Waals surface area contributed by atoms with Gasteiger partial charge in [-0.1, -0.05) is 0 Å². The molecule has 3 atom stereocenters. The monoisotopic (exact) mass is 269 g/mol. The van der Waals surface area contributed by atoms with E-state index in [9.17, 15) is 14.7 Å². The van der Waals surface area contributed by atoms with Crippen molar-refractivity contribution in [2.45, 2.75) is 31.5 Å². The van der Waals surface area contributed by atoms with Crippen LogP contribution in [0.5, 0.6) is 0 Å². The van der Waals surface area contributed by atoms with Crippen LogP contribution in [-0.4, -0.2) is 61.0 Å². The van der Waals surface area contributed by atoms with Gasteiger partial charge in [0, 0.05) is 13.0 Å². The third kappa shape index (κ3) is 2.81. The van der Waals surface area contributed by atoms with Gasteiger partial charge in [-0.2, -0.15) is 5.10 Å². The van der Waals surface area contributed by atoms with E-state index in [4.69, 9.17) is 5.11 Å². The Balaban J connectivity index is 2.01. The second-order valence-electron chi connectivity index (χ2n) is 4.44. The summed E-state index contributed by atoms with van der Waals surface area (Å²) in [6.45, 7) is 1.70. The predicted molar refractivity (Wildman–Crippen MR) is 62.1 cm³/mol.